The minimum atomic E-state index is -0.195. The number of carbonyl (C=O) groups is 1. The van der Waals surface area contributed by atoms with Crippen LogP contribution < -0.4 is 11.1 Å². The fourth-order valence-electron chi connectivity index (χ4n) is 5.17. The topological polar surface area (TPSA) is 68.0 Å². The number of hydrogen-bond donors (Lipinski definition) is 2. The number of rotatable bonds is 3. The van der Waals surface area contributed by atoms with Gasteiger partial charge in [-0.15, -0.1) is 11.3 Å². The number of fused-ring (bicyclic) bond motifs is 2. The van der Waals surface area contributed by atoms with Crippen LogP contribution >= 0.6 is 11.3 Å². The smallest absolute Gasteiger partial charge is 0.223 e. The van der Waals surface area contributed by atoms with Gasteiger partial charge in [-0.2, -0.15) is 0 Å². The Morgan fingerprint density at radius 1 is 1.22 bits per heavy atom. The van der Waals surface area contributed by atoms with Crippen LogP contribution in [-0.2, 0) is 10.3 Å². The molecule has 126 valence electrons. The zero-order chi connectivity index (χ0) is 15.9. The van der Waals surface area contributed by atoms with Crippen LogP contribution in [0.4, 0.5) is 0 Å². The van der Waals surface area contributed by atoms with Crippen LogP contribution in [0.2, 0.25) is 0 Å². The van der Waals surface area contributed by atoms with Crippen molar-refractivity contribution in [3.63, 3.8) is 0 Å². The molecular weight excluding hydrogens is 306 g/mol. The molecule has 2 atom stereocenters. The summed E-state index contributed by atoms with van der Waals surface area (Å²) in [6.45, 7) is 0. The van der Waals surface area contributed by atoms with E-state index in [4.69, 9.17) is 5.73 Å². The molecule has 23 heavy (non-hydrogen) atoms. The molecule has 2 bridgehead atoms. The van der Waals surface area contributed by atoms with E-state index in [1.807, 2.05) is 11.6 Å². The van der Waals surface area contributed by atoms with Gasteiger partial charge in [-0.05, 0) is 50.4 Å². The first kappa shape index (κ1) is 15.6. The van der Waals surface area contributed by atoms with Crippen molar-refractivity contribution >= 4 is 17.2 Å². The second kappa shape index (κ2) is 6.17. The Morgan fingerprint density at radius 3 is 2.52 bits per heavy atom. The summed E-state index contributed by atoms with van der Waals surface area (Å²) in [6.07, 6.45) is 12.0. The van der Waals surface area contributed by atoms with Crippen molar-refractivity contribution < 1.29 is 4.79 Å². The van der Waals surface area contributed by atoms with Gasteiger partial charge in [-0.3, -0.25) is 4.79 Å². The highest BCUT2D eigenvalue weighted by Gasteiger charge is 2.44. The fraction of sp³-hybridized carbons (Fsp3) is 0.778. The Kier molecular flexibility index (Phi) is 4.18. The van der Waals surface area contributed by atoms with Gasteiger partial charge in [0.2, 0.25) is 5.91 Å². The Balaban J connectivity index is 1.49. The van der Waals surface area contributed by atoms with Gasteiger partial charge in [-0.1, -0.05) is 19.3 Å². The van der Waals surface area contributed by atoms with Crippen LogP contribution in [0.1, 0.15) is 62.8 Å². The molecule has 1 amide bonds. The first-order chi connectivity index (χ1) is 11.2. The lowest BCUT2D eigenvalue weighted by Crippen LogP contribution is -2.52. The highest BCUT2D eigenvalue weighted by atomic mass is 32.1. The Hall–Kier alpha value is -0.940. The molecule has 0 radical (unpaired) electrons. The van der Waals surface area contributed by atoms with E-state index in [0.717, 1.165) is 30.7 Å². The summed E-state index contributed by atoms with van der Waals surface area (Å²) in [5, 5.41) is 6.55. The van der Waals surface area contributed by atoms with Crippen LogP contribution in [0.15, 0.2) is 11.6 Å². The summed E-state index contributed by atoms with van der Waals surface area (Å²) in [5.74, 6) is 1.52. The molecule has 3 saturated carbocycles. The van der Waals surface area contributed by atoms with E-state index >= 15 is 0 Å². The van der Waals surface area contributed by atoms with E-state index in [0.29, 0.717) is 17.9 Å². The van der Waals surface area contributed by atoms with Gasteiger partial charge >= 0.3 is 0 Å². The lowest BCUT2D eigenvalue weighted by molar-refractivity contribution is -0.130. The lowest BCUT2D eigenvalue weighted by atomic mass is 9.65. The number of carbonyl (C=O) groups excluding carboxylic acids is 1. The van der Waals surface area contributed by atoms with E-state index in [-0.39, 0.29) is 17.4 Å². The average molecular weight is 334 g/mol. The van der Waals surface area contributed by atoms with Crippen molar-refractivity contribution in [2.45, 2.75) is 69.4 Å². The SMILES string of the molecule is NC1C2CCCC1CC(C(=O)NC1(c3nccs3)CCCC1)C2. The molecule has 5 heteroatoms. The van der Waals surface area contributed by atoms with Crippen molar-refractivity contribution in [3.8, 4) is 0 Å². The summed E-state index contributed by atoms with van der Waals surface area (Å²) in [5.41, 5.74) is 6.18. The molecule has 3 N–H and O–H groups in total. The zero-order valence-electron chi connectivity index (χ0n) is 13.7. The van der Waals surface area contributed by atoms with Crippen molar-refractivity contribution in [2.75, 3.05) is 0 Å². The van der Waals surface area contributed by atoms with E-state index in [2.05, 4.69) is 10.3 Å². The third kappa shape index (κ3) is 2.82. The number of amides is 1. The lowest BCUT2D eigenvalue weighted by Gasteiger charge is -2.44. The molecule has 3 fully saturated rings. The van der Waals surface area contributed by atoms with Crippen molar-refractivity contribution in [1.29, 1.82) is 0 Å². The average Bonchev–Trinajstić information content (AvgIpc) is 3.18. The molecule has 1 heterocycles. The largest absolute Gasteiger partial charge is 0.344 e. The third-order valence-electron chi connectivity index (χ3n) is 6.45. The van der Waals surface area contributed by atoms with Crippen LogP contribution in [-0.4, -0.2) is 16.9 Å². The zero-order valence-corrected chi connectivity index (χ0v) is 14.5. The maximum absolute atomic E-state index is 13.0. The monoisotopic (exact) mass is 333 g/mol. The second-order valence-corrected chi connectivity index (χ2v) is 8.71. The van der Waals surface area contributed by atoms with Gasteiger partial charge in [-0.25, -0.2) is 4.98 Å². The predicted molar refractivity (Wildman–Crippen MR) is 91.9 cm³/mol. The summed E-state index contributed by atoms with van der Waals surface area (Å²) in [6, 6.07) is 0.326. The van der Waals surface area contributed by atoms with E-state index in [9.17, 15) is 4.79 Å². The number of aromatic nitrogens is 1. The Labute approximate surface area is 142 Å². The van der Waals surface area contributed by atoms with E-state index < -0.39 is 0 Å². The molecule has 4 nitrogen and oxygen atoms in total. The van der Waals surface area contributed by atoms with Crippen molar-refractivity contribution in [2.24, 2.45) is 23.5 Å². The highest BCUT2D eigenvalue weighted by Crippen LogP contribution is 2.44. The van der Waals surface area contributed by atoms with E-state index in [1.165, 1.54) is 32.1 Å². The molecule has 3 aliphatic rings. The molecule has 1 aromatic rings. The summed E-state index contributed by atoms with van der Waals surface area (Å²) in [7, 11) is 0. The summed E-state index contributed by atoms with van der Waals surface area (Å²) < 4.78 is 0. The first-order valence-electron chi connectivity index (χ1n) is 9.15. The molecule has 4 rings (SSSR count). The molecule has 1 aromatic heterocycles. The molecule has 0 spiro atoms. The maximum atomic E-state index is 13.0. The van der Waals surface area contributed by atoms with Crippen LogP contribution in [0.25, 0.3) is 0 Å². The second-order valence-electron chi connectivity index (χ2n) is 7.81. The van der Waals surface area contributed by atoms with Gasteiger partial charge in [0.1, 0.15) is 5.01 Å². The minimum absolute atomic E-state index is 0.155. The number of thiazole rings is 1. The molecule has 0 saturated heterocycles. The molecule has 3 aliphatic carbocycles. The van der Waals surface area contributed by atoms with E-state index in [1.54, 1.807) is 11.3 Å². The molecule has 0 aromatic carbocycles. The minimum Gasteiger partial charge on any atom is -0.344 e. The maximum Gasteiger partial charge on any atom is 0.223 e. The number of nitrogens with zero attached hydrogens (tertiary/aromatic N) is 1. The van der Waals surface area contributed by atoms with Gasteiger partial charge < -0.3 is 11.1 Å². The fourth-order valence-corrected chi connectivity index (χ4v) is 6.02. The first-order valence-corrected chi connectivity index (χ1v) is 10.0. The highest BCUT2D eigenvalue weighted by molar-refractivity contribution is 7.09. The quantitative estimate of drug-likeness (QED) is 0.892. The molecule has 2 unspecified atom stereocenters. The Bertz CT molecular complexity index is 539. The van der Waals surface area contributed by atoms with Gasteiger partial charge in [0.25, 0.3) is 0 Å². The normalized spacial score (nSPS) is 35.9. The third-order valence-corrected chi connectivity index (χ3v) is 7.42. The predicted octanol–water partition coefficient (Wildman–Crippen LogP) is 3.18. The Morgan fingerprint density at radius 2 is 1.91 bits per heavy atom. The van der Waals surface area contributed by atoms with Crippen molar-refractivity contribution in [3.05, 3.63) is 16.6 Å². The molecule has 0 aliphatic heterocycles. The summed E-state index contributed by atoms with van der Waals surface area (Å²) in [4.78, 5) is 17.5. The number of nitrogens with one attached hydrogen (secondary N) is 1. The van der Waals surface area contributed by atoms with Crippen LogP contribution in [0.5, 0.6) is 0 Å². The number of hydrogen-bond acceptors (Lipinski definition) is 4. The van der Waals surface area contributed by atoms with Gasteiger partial charge in [0.05, 0.1) is 5.54 Å². The van der Waals surface area contributed by atoms with Crippen LogP contribution in [0.3, 0.4) is 0 Å². The number of nitrogens with two attached hydrogens (primary N) is 1. The van der Waals surface area contributed by atoms with Gasteiger partial charge in [0, 0.05) is 23.5 Å². The van der Waals surface area contributed by atoms with Gasteiger partial charge in [0.15, 0.2) is 0 Å². The standard InChI is InChI=1S/C18H27N3OS/c19-15-12-4-3-5-13(15)11-14(10-12)16(22)21-18(6-1-2-7-18)17-20-8-9-23-17/h8-9,12-15H,1-7,10-11,19H2,(H,21,22). The van der Waals surface area contributed by atoms with Crippen molar-refractivity contribution in [1.82, 2.24) is 10.3 Å². The summed E-state index contributed by atoms with van der Waals surface area (Å²) >= 11 is 1.68. The van der Waals surface area contributed by atoms with Crippen LogP contribution in [0, 0.1) is 17.8 Å². The molecular formula is C18H27N3OS.